The smallest absolute Gasteiger partial charge is 0.287 e. The molecule has 1 aliphatic heterocycles. The van der Waals surface area contributed by atoms with Crippen LogP contribution in [0.4, 0.5) is 0 Å². The van der Waals surface area contributed by atoms with Gasteiger partial charge in [-0.3, -0.25) is 9.79 Å². The topological polar surface area (TPSA) is 94.0 Å². The van der Waals surface area contributed by atoms with Gasteiger partial charge in [0, 0.05) is 30.8 Å². The van der Waals surface area contributed by atoms with E-state index in [0.717, 1.165) is 24.5 Å². The van der Waals surface area contributed by atoms with E-state index in [0.29, 0.717) is 22.8 Å². The van der Waals surface area contributed by atoms with Gasteiger partial charge in [0.1, 0.15) is 23.0 Å². The Kier molecular flexibility index (Phi) is 4.33. The first kappa shape index (κ1) is 16.8. The number of aliphatic imine (C=N–C) groups is 1. The summed E-state index contributed by atoms with van der Waals surface area (Å²) in [5.41, 5.74) is 7.38. The van der Waals surface area contributed by atoms with Gasteiger partial charge in [0.15, 0.2) is 0 Å². The predicted molar refractivity (Wildman–Crippen MR) is 101 cm³/mol. The molecule has 1 aliphatic rings. The highest BCUT2D eigenvalue weighted by molar-refractivity contribution is 6.00. The molecule has 0 saturated heterocycles. The lowest BCUT2D eigenvalue weighted by molar-refractivity contribution is 0.0965. The van der Waals surface area contributed by atoms with Crippen molar-refractivity contribution in [3.05, 3.63) is 65.9 Å². The molecule has 0 saturated carbocycles. The largest absolute Gasteiger partial charge is 0.457 e. The fourth-order valence-corrected chi connectivity index (χ4v) is 2.94. The standard InChI is InChI=1S/C20H18N4O3/c1-24-10-9-22-20(24)13-7-8-15(16-12-18(19(21)25)27-23-16)17(11-13)26-14-5-3-2-4-6-14/h2-8,11-12H,9-10H2,1H3,(H2,21,25). The SMILES string of the molecule is CN1CCN=C1c1ccc(-c2cc(C(N)=O)on2)c(Oc2ccccc2)c1. The van der Waals surface area contributed by atoms with Crippen LogP contribution in [0.25, 0.3) is 11.3 Å². The molecule has 0 spiro atoms. The highest BCUT2D eigenvalue weighted by atomic mass is 16.5. The Morgan fingerprint density at radius 1 is 1.19 bits per heavy atom. The number of aromatic nitrogens is 1. The van der Waals surface area contributed by atoms with Gasteiger partial charge in [0.05, 0.1) is 6.54 Å². The van der Waals surface area contributed by atoms with Gasteiger partial charge in [-0.15, -0.1) is 0 Å². The molecule has 0 radical (unpaired) electrons. The molecule has 2 heterocycles. The third-order valence-corrected chi connectivity index (χ3v) is 4.30. The molecule has 2 aromatic carbocycles. The molecule has 7 nitrogen and oxygen atoms in total. The van der Waals surface area contributed by atoms with Gasteiger partial charge in [-0.2, -0.15) is 0 Å². The van der Waals surface area contributed by atoms with Crippen molar-refractivity contribution < 1.29 is 14.1 Å². The molecule has 1 aromatic heterocycles. The molecule has 0 bridgehead atoms. The third-order valence-electron chi connectivity index (χ3n) is 4.30. The monoisotopic (exact) mass is 362 g/mol. The first-order valence-corrected chi connectivity index (χ1v) is 8.51. The molecule has 0 aliphatic carbocycles. The Morgan fingerprint density at radius 3 is 2.67 bits per heavy atom. The highest BCUT2D eigenvalue weighted by Gasteiger charge is 2.19. The van der Waals surface area contributed by atoms with Crippen molar-refractivity contribution in [1.82, 2.24) is 10.1 Å². The Morgan fingerprint density at radius 2 is 2.00 bits per heavy atom. The minimum absolute atomic E-state index is 0.000334. The summed E-state index contributed by atoms with van der Waals surface area (Å²) in [4.78, 5) is 18.0. The number of carbonyl (C=O) groups is 1. The molecule has 0 fully saturated rings. The molecule has 0 unspecified atom stereocenters. The summed E-state index contributed by atoms with van der Waals surface area (Å²) < 4.78 is 11.1. The Bertz CT molecular complexity index is 1010. The van der Waals surface area contributed by atoms with Crippen molar-refractivity contribution in [3.63, 3.8) is 0 Å². The number of benzene rings is 2. The Hall–Kier alpha value is -3.61. The van der Waals surface area contributed by atoms with Gasteiger partial charge >= 0.3 is 0 Å². The normalized spacial score (nSPS) is 13.5. The molecule has 0 atom stereocenters. The lowest BCUT2D eigenvalue weighted by Gasteiger charge is -2.16. The molecular formula is C20H18N4O3. The third kappa shape index (κ3) is 3.39. The van der Waals surface area contributed by atoms with Crippen LogP contribution in [0.2, 0.25) is 0 Å². The number of nitrogens with zero attached hydrogens (tertiary/aromatic N) is 3. The van der Waals surface area contributed by atoms with E-state index in [1.54, 1.807) is 0 Å². The molecule has 7 heteroatoms. The first-order chi connectivity index (χ1) is 13.1. The van der Waals surface area contributed by atoms with Crippen LogP contribution in [-0.2, 0) is 0 Å². The second kappa shape index (κ2) is 6.95. The van der Waals surface area contributed by atoms with E-state index >= 15 is 0 Å². The van der Waals surface area contributed by atoms with E-state index in [2.05, 4.69) is 15.0 Å². The minimum atomic E-state index is -0.669. The van der Waals surface area contributed by atoms with Crippen LogP contribution in [0.1, 0.15) is 16.1 Å². The maximum absolute atomic E-state index is 11.3. The van der Waals surface area contributed by atoms with Crippen molar-refractivity contribution in [1.29, 1.82) is 0 Å². The first-order valence-electron chi connectivity index (χ1n) is 8.51. The van der Waals surface area contributed by atoms with Crippen LogP contribution >= 0.6 is 0 Å². The molecule has 3 aromatic rings. The molecule has 27 heavy (non-hydrogen) atoms. The van der Waals surface area contributed by atoms with Crippen molar-refractivity contribution in [3.8, 4) is 22.8 Å². The number of hydrogen-bond donors (Lipinski definition) is 1. The molecule has 2 N–H and O–H groups in total. The predicted octanol–water partition coefficient (Wildman–Crippen LogP) is 2.92. The van der Waals surface area contributed by atoms with Crippen molar-refractivity contribution in [2.75, 3.05) is 20.1 Å². The second-order valence-corrected chi connectivity index (χ2v) is 6.19. The van der Waals surface area contributed by atoms with Gasteiger partial charge in [-0.1, -0.05) is 29.4 Å². The number of amidine groups is 1. The van der Waals surface area contributed by atoms with Gasteiger partial charge in [0.25, 0.3) is 5.91 Å². The van der Waals surface area contributed by atoms with Gasteiger partial charge < -0.3 is 19.9 Å². The number of amides is 1. The lowest BCUT2D eigenvalue weighted by Crippen LogP contribution is -2.23. The van der Waals surface area contributed by atoms with E-state index in [-0.39, 0.29) is 5.76 Å². The number of primary amides is 1. The summed E-state index contributed by atoms with van der Waals surface area (Å²) in [6, 6.07) is 16.7. The minimum Gasteiger partial charge on any atom is -0.457 e. The Labute approximate surface area is 156 Å². The summed E-state index contributed by atoms with van der Waals surface area (Å²) in [6.07, 6.45) is 0. The number of likely N-dealkylation sites (N-methyl/N-ethyl adjacent to an activating group) is 1. The average molecular weight is 362 g/mol. The van der Waals surface area contributed by atoms with Crippen molar-refractivity contribution in [2.24, 2.45) is 10.7 Å². The van der Waals surface area contributed by atoms with E-state index in [1.165, 1.54) is 6.07 Å². The number of rotatable bonds is 5. The maximum Gasteiger partial charge on any atom is 0.287 e. The van der Waals surface area contributed by atoms with Crippen LogP contribution in [0.3, 0.4) is 0 Å². The van der Waals surface area contributed by atoms with Crippen LogP contribution in [-0.4, -0.2) is 41.9 Å². The number of hydrogen-bond acceptors (Lipinski definition) is 6. The number of ether oxygens (including phenoxy) is 1. The van der Waals surface area contributed by atoms with Gasteiger partial charge in [0.2, 0.25) is 5.76 Å². The van der Waals surface area contributed by atoms with Crippen LogP contribution in [0.15, 0.2) is 64.1 Å². The van der Waals surface area contributed by atoms with Gasteiger partial charge in [-0.05, 0) is 24.3 Å². The number of nitrogens with two attached hydrogens (primary N) is 1. The van der Waals surface area contributed by atoms with Crippen LogP contribution in [0.5, 0.6) is 11.5 Å². The molecule has 1 amide bonds. The molecular weight excluding hydrogens is 344 g/mol. The number of para-hydroxylation sites is 1. The highest BCUT2D eigenvalue weighted by Crippen LogP contribution is 2.34. The average Bonchev–Trinajstić information content (AvgIpc) is 3.32. The fraction of sp³-hybridized carbons (Fsp3) is 0.150. The van der Waals surface area contributed by atoms with Gasteiger partial charge in [-0.25, -0.2) is 0 Å². The van der Waals surface area contributed by atoms with E-state index < -0.39 is 5.91 Å². The zero-order valence-electron chi connectivity index (χ0n) is 14.8. The Balaban J connectivity index is 1.78. The van der Waals surface area contributed by atoms with Crippen LogP contribution in [0, 0.1) is 0 Å². The quantitative estimate of drug-likeness (QED) is 0.753. The molecule has 4 rings (SSSR count). The fourth-order valence-electron chi connectivity index (χ4n) is 2.94. The number of carbonyl (C=O) groups excluding carboxylic acids is 1. The summed E-state index contributed by atoms with van der Waals surface area (Å²) >= 11 is 0. The molecule has 136 valence electrons. The second-order valence-electron chi connectivity index (χ2n) is 6.19. The van der Waals surface area contributed by atoms with Crippen molar-refractivity contribution in [2.45, 2.75) is 0 Å². The van der Waals surface area contributed by atoms with Crippen LogP contribution < -0.4 is 10.5 Å². The van der Waals surface area contributed by atoms with E-state index in [9.17, 15) is 4.79 Å². The maximum atomic E-state index is 11.3. The summed E-state index contributed by atoms with van der Waals surface area (Å²) in [5.74, 6) is 1.53. The van der Waals surface area contributed by atoms with E-state index in [4.69, 9.17) is 15.0 Å². The van der Waals surface area contributed by atoms with Crippen molar-refractivity contribution >= 4 is 11.7 Å². The zero-order valence-corrected chi connectivity index (χ0v) is 14.8. The summed E-state index contributed by atoms with van der Waals surface area (Å²) in [6.45, 7) is 1.66. The summed E-state index contributed by atoms with van der Waals surface area (Å²) in [7, 11) is 2.01. The zero-order chi connectivity index (χ0) is 18.8. The summed E-state index contributed by atoms with van der Waals surface area (Å²) in [5, 5.41) is 3.96. The van der Waals surface area contributed by atoms with E-state index in [1.807, 2.05) is 55.6 Å². The lowest BCUT2D eigenvalue weighted by atomic mass is 10.1.